The lowest BCUT2D eigenvalue weighted by Crippen LogP contribution is -2.31. The number of hydrogen-bond acceptors (Lipinski definition) is 4. The second-order valence-corrected chi connectivity index (χ2v) is 6.24. The minimum absolute atomic E-state index is 0.0943. The maximum atomic E-state index is 12.6. The number of amides is 1. The molecule has 4 nitrogen and oxygen atoms in total. The third kappa shape index (κ3) is 4.37. The van der Waals surface area contributed by atoms with Gasteiger partial charge in [-0.3, -0.25) is 9.78 Å². The molecular weight excluding hydrogens is 294 g/mol. The van der Waals surface area contributed by atoms with Crippen molar-refractivity contribution >= 4 is 17.2 Å². The van der Waals surface area contributed by atoms with E-state index in [1.165, 1.54) is 30.6 Å². The number of thiazole rings is 1. The van der Waals surface area contributed by atoms with Crippen molar-refractivity contribution in [3.8, 4) is 10.6 Å². The molecule has 22 heavy (non-hydrogen) atoms. The second kappa shape index (κ2) is 8.63. The highest BCUT2D eigenvalue weighted by atomic mass is 32.1. The zero-order valence-corrected chi connectivity index (χ0v) is 14.1. The lowest BCUT2D eigenvalue weighted by Gasteiger charge is -2.19. The van der Waals surface area contributed by atoms with E-state index >= 15 is 0 Å². The Morgan fingerprint density at radius 1 is 1.18 bits per heavy atom. The molecule has 2 rings (SSSR count). The van der Waals surface area contributed by atoms with E-state index in [-0.39, 0.29) is 5.91 Å². The topological polar surface area (TPSA) is 46.1 Å². The van der Waals surface area contributed by atoms with Crippen molar-refractivity contribution in [3.05, 3.63) is 35.6 Å². The summed E-state index contributed by atoms with van der Waals surface area (Å²) < 4.78 is 0. The van der Waals surface area contributed by atoms with Crippen LogP contribution in [-0.2, 0) is 0 Å². The lowest BCUT2D eigenvalue weighted by atomic mass is 10.2. The fourth-order valence-corrected chi connectivity index (χ4v) is 3.18. The molecule has 0 aromatic carbocycles. The zero-order valence-electron chi connectivity index (χ0n) is 13.3. The average molecular weight is 317 g/mol. The molecule has 1 amide bonds. The van der Waals surface area contributed by atoms with Gasteiger partial charge in [0.1, 0.15) is 9.88 Å². The Kier molecular flexibility index (Phi) is 6.52. The molecule has 0 bridgehead atoms. The summed E-state index contributed by atoms with van der Waals surface area (Å²) in [7, 11) is 0. The smallest absolute Gasteiger partial charge is 0.265 e. The van der Waals surface area contributed by atoms with Crippen molar-refractivity contribution in [2.45, 2.75) is 39.5 Å². The number of rotatable bonds is 8. The Morgan fingerprint density at radius 2 is 1.95 bits per heavy atom. The summed E-state index contributed by atoms with van der Waals surface area (Å²) in [5.74, 6) is 0.0943. The van der Waals surface area contributed by atoms with Gasteiger partial charge >= 0.3 is 0 Å². The number of carbonyl (C=O) groups excluding carboxylic acids is 1. The first-order valence-electron chi connectivity index (χ1n) is 7.91. The predicted molar refractivity (Wildman–Crippen MR) is 91.1 cm³/mol. The second-order valence-electron chi connectivity index (χ2n) is 5.21. The van der Waals surface area contributed by atoms with Crippen molar-refractivity contribution in [3.63, 3.8) is 0 Å². The zero-order chi connectivity index (χ0) is 15.8. The summed E-state index contributed by atoms with van der Waals surface area (Å²) in [5, 5.41) is 0.868. The maximum Gasteiger partial charge on any atom is 0.265 e. The number of nitrogens with zero attached hydrogens (tertiary/aromatic N) is 3. The van der Waals surface area contributed by atoms with Crippen LogP contribution < -0.4 is 0 Å². The summed E-state index contributed by atoms with van der Waals surface area (Å²) in [6.45, 7) is 5.80. The molecule has 2 aromatic rings. The van der Waals surface area contributed by atoms with Gasteiger partial charge in [-0.05, 0) is 25.5 Å². The molecule has 0 saturated heterocycles. The summed E-state index contributed by atoms with van der Waals surface area (Å²) in [6, 6.07) is 3.82. The van der Waals surface area contributed by atoms with E-state index < -0.39 is 0 Å². The van der Waals surface area contributed by atoms with Crippen LogP contribution in [0.5, 0.6) is 0 Å². The average Bonchev–Trinajstić information content (AvgIpc) is 3.05. The summed E-state index contributed by atoms with van der Waals surface area (Å²) in [4.78, 5) is 23.6. The molecule has 0 radical (unpaired) electrons. The molecule has 0 aliphatic heterocycles. The van der Waals surface area contributed by atoms with E-state index in [9.17, 15) is 4.79 Å². The van der Waals surface area contributed by atoms with E-state index in [0.717, 1.165) is 30.1 Å². The van der Waals surface area contributed by atoms with E-state index in [0.29, 0.717) is 4.88 Å². The highest BCUT2D eigenvalue weighted by molar-refractivity contribution is 7.16. The lowest BCUT2D eigenvalue weighted by molar-refractivity contribution is 0.0766. The van der Waals surface area contributed by atoms with Crippen LogP contribution in [-0.4, -0.2) is 33.9 Å². The van der Waals surface area contributed by atoms with E-state index in [4.69, 9.17) is 0 Å². The number of carbonyl (C=O) groups is 1. The highest BCUT2D eigenvalue weighted by Gasteiger charge is 2.17. The van der Waals surface area contributed by atoms with Crippen molar-refractivity contribution in [2.75, 3.05) is 13.1 Å². The quantitative estimate of drug-likeness (QED) is 0.684. The normalized spacial score (nSPS) is 10.6. The van der Waals surface area contributed by atoms with Crippen LogP contribution in [0.1, 0.15) is 49.2 Å². The van der Waals surface area contributed by atoms with Gasteiger partial charge in [-0.15, -0.1) is 11.3 Å². The van der Waals surface area contributed by atoms with Crippen LogP contribution in [0.4, 0.5) is 0 Å². The van der Waals surface area contributed by atoms with E-state index in [2.05, 4.69) is 16.9 Å². The molecular formula is C17H23N3OS. The van der Waals surface area contributed by atoms with Gasteiger partial charge in [0, 0.05) is 31.0 Å². The van der Waals surface area contributed by atoms with E-state index in [1.807, 2.05) is 24.0 Å². The van der Waals surface area contributed by atoms with Gasteiger partial charge in [0.25, 0.3) is 5.91 Å². The monoisotopic (exact) mass is 317 g/mol. The minimum atomic E-state index is 0.0943. The van der Waals surface area contributed by atoms with Gasteiger partial charge in [0.15, 0.2) is 0 Å². The fraction of sp³-hybridized carbons (Fsp3) is 0.471. The van der Waals surface area contributed by atoms with Gasteiger partial charge in [-0.25, -0.2) is 4.98 Å². The first kappa shape index (κ1) is 16.6. The molecule has 0 N–H and O–H groups in total. The van der Waals surface area contributed by atoms with Crippen LogP contribution >= 0.6 is 11.3 Å². The SMILES string of the molecule is CCCCCCN(CC)C(=O)c1cnc(-c2ccncc2)s1. The summed E-state index contributed by atoms with van der Waals surface area (Å²) in [5.41, 5.74) is 1.00. The van der Waals surface area contributed by atoms with Crippen LogP contribution in [0.15, 0.2) is 30.7 Å². The van der Waals surface area contributed by atoms with Crippen LogP contribution in [0.25, 0.3) is 10.6 Å². The standard InChI is InChI=1S/C17H23N3OS/c1-3-5-6-7-12-20(4-2)17(21)15-13-19-16(22-15)14-8-10-18-11-9-14/h8-11,13H,3-7,12H2,1-2H3. The molecule has 0 unspecified atom stereocenters. The Morgan fingerprint density at radius 3 is 2.64 bits per heavy atom. The maximum absolute atomic E-state index is 12.6. The van der Waals surface area contributed by atoms with Crippen molar-refractivity contribution < 1.29 is 4.79 Å². The number of unbranched alkanes of at least 4 members (excludes halogenated alkanes) is 3. The van der Waals surface area contributed by atoms with Crippen molar-refractivity contribution in [1.82, 2.24) is 14.9 Å². The predicted octanol–water partition coefficient (Wildman–Crippen LogP) is 4.25. The Balaban J connectivity index is 2.01. The molecule has 2 aromatic heterocycles. The third-order valence-corrected chi connectivity index (χ3v) is 4.63. The van der Waals surface area contributed by atoms with Gasteiger partial charge in [-0.2, -0.15) is 0 Å². The van der Waals surface area contributed by atoms with Crippen molar-refractivity contribution in [2.24, 2.45) is 0 Å². The third-order valence-electron chi connectivity index (χ3n) is 3.59. The van der Waals surface area contributed by atoms with Crippen LogP contribution in [0.3, 0.4) is 0 Å². The van der Waals surface area contributed by atoms with Crippen molar-refractivity contribution in [1.29, 1.82) is 0 Å². The molecule has 2 heterocycles. The molecule has 0 saturated carbocycles. The Bertz CT molecular complexity index is 583. The molecule has 118 valence electrons. The number of aromatic nitrogens is 2. The first-order valence-corrected chi connectivity index (χ1v) is 8.73. The van der Waals surface area contributed by atoms with Gasteiger partial charge < -0.3 is 4.90 Å². The molecule has 5 heteroatoms. The fourth-order valence-electron chi connectivity index (χ4n) is 2.29. The minimum Gasteiger partial charge on any atom is -0.338 e. The summed E-state index contributed by atoms with van der Waals surface area (Å²) >= 11 is 1.45. The van der Waals surface area contributed by atoms with Crippen LogP contribution in [0, 0.1) is 0 Å². The van der Waals surface area contributed by atoms with E-state index in [1.54, 1.807) is 18.6 Å². The highest BCUT2D eigenvalue weighted by Crippen LogP contribution is 2.25. The molecule has 0 spiro atoms. The first-order chi connectivity index (χ1) is 10.8. The van der Waals surface area contributed by atoms with Gasteiger partial charge in [-0.1, -0.05) is 26.2 Å². The molecule has 0 aliphatic carbocycles. The van der Waals surface area contributed by atoms with Gasteiger partial charge in [0.2, 0.25) is 0 Å². The molecule has 0 atom stereocenters. The molecule has 0 aliphatic rings. The number of pyridine rings is 1. The Hall–Kier alpha value is -1.75. The van der Waals surface area contributed by atoms with Gasteiger partial charge in [0.05, 0.1) is 6.20 Å². The molecule has 0 fully saturated rings. The Labute approximate surface area is 136 Å². The number of hydrogen-bond donors (Lipinski definition) is 0. The van der Waals surface area contributed by atoms with Crippen LogP contribution in [0.2, 0.25) is 0 Å². The summed E-state index contributed by atoms with van der Waals surface area (Å²) in [6.07, 6.45) is 9.88. The largest absolute Gasteiger partial charge is 0.338 e.